The number of piperidine rings is 2. The van der Waals surface area contributed by atoms with Crippen molar-refractivity contribution in [3.63, 3.8) is 0 Å². The maximum absolute atomic E-state index is 14.3. The highest BCUT2D eigenvalue weighted by molar-refractivity contribution is 5.97. The molecule has 4 aromatic carbocycles. The number of aliphatic carboxylic acids is 1. The Hall–Kier alpha value is -8.94. The van der Waals surface area contributed by atoms with Gasteiger partial charge in [-0.3, -0.25) is 28.0 Å². The molecule has 20 heteroatoms. The Bertz CT molecular complexity index is 3460. The monoisotopic (exact) mass is 1020 g/mol. The van der Waals surface area contributed by atoms with Crippen LogP contribution in [0.2, 0.25) is 0 Å². The van der Waals surface area contributed by atoms with E-state index in [2.05, 4.69) is 30.6 Å². The number of likely N-dealkylation sites (tertiary alicyclic amines) is 2. The fourth-order valence-corrected chi connectivity index (χ4v) is 9.48. The number of rotatable bonds is 12. The van der Waals surface area contributed by atoms with Crippen LogP contribution in [-0.4, -0.2) is 115 Å². The summed E-state index contributed by atoms with van der Waals surface area (Å²) in [5, 5.41) is 15.7. The summed E-state index contributed by atoms with van der Waals surface area (Å²) in [6.45, 7) is 5.65. The molecular formula is C55H54F2N10O8. The van der Waals surface area contributed by atoms with Crippen LogP contribution in [0.3, 0.4) is 0 Å². The second-order valence-corrected chi connectivity index (χ2v) is 18.2. The van der Waals surface area contributed by atoms with Crippen molar-refractivity contribution in [1.82, 2.24) is 38.5 Å². The van der Waals surface area contributed by atoms with E-state index >= 15 is 0 Å². The second kappa shape index (κ2) is 22.0. The summed E-state index contributed by atoms with van der Waals surface area (Å²) in [6, 6.07) is 20.5. The van der Waals surface area contributed by atoms with Gasteiger partial charge in [-0.1, -0.05) is 0 Å². The molecule has 0 saturated carbocycles. The number of imidazole rings is 2. The van der Waals surface area contributed by atoms with E-state index in [-0.39, 0.29) is 41.1 Å². The third kappa shape index (κ3) is 10.8. The van der Waals surface area contributed by atoms with Crippen LogP contribution in [0.4, 0.5) is 31.8 Å². The van der Waals surface area contributed by atoms with Crippen LogP contribution in [0.25, 0.3) is 33.8 Å². The number of nitrogens with one attached hydrogen (secondary N) is 2. The van der Waals surface area contributed by atoms with Crippen LogP contribution in [-0.2, 0) is 14.3 Å². The summed E-state index contributed by atoms with van der Waals surface area (Å²) in [5.41, 5.74) is 8.14. The molecule has 0 aliphatic carbocycles. The van der Waals surface area contributed by atoms with Crippen molar-refractivity contribution in [2.24, 2.45) is 11.8 Å². The summed E-state index contributed by atoms with van der Waals surface area (Å²) in [6.07, 6.45) is 12.2. The zero-order valence-corrected chi connectivity index (χ0v) is 41.8. The molecule has 6 heterocycles. The first kappa shape index (κ1) is 51.0. The largest absolute Gasteiger partial charge is 0.494 e. The second-order valence-electron chi connectivity index (χ2n) is 18.2. The molecule has 0 atom stereocenters. The van der Waals surface area contributed by atoms with Crippen molar-refractivity contribution in [3.8, 4) is 34.0 Å². The number of carbonyl (C=O) groups is 4. The number of nitrogens with zero attached hydrogens (tertiary/aromatic N) is 8. The van der Waals surface area contributed by atoms with E-state index in [4.69, 9.17) is 14.2 Å². The van der Waals surface area contributed by atoms with Crippen molar-refractivity contribution in [1.29, 1.82) is 0 Å². The number of ether oxygens (including phenoxy) is 3. The van der Waals surface area contributed by atoms with Gasteiger partial charge in [-0.25, -0.2) is 28.7 Å². The average Bonchev–Trinajstić information content (AvgIpc) is 4.08. The fourth-order valence-electron chi connectivity index (χ4n) is 9.48. The summed E-state index contributed by atoms with van der Waals surface area (Å²) >= 11 is 0. The van der Waals surface area contributed by atoms with Gasteiger partial charge < -0.3 is 39.8 Å². The minimum absolute atomic E-state index is 0.0535. The molecule has 2 aliphatic rings. The number of hydrogen-bond donors (Lipinski definition) is 3. The SMILES string of the molecule is COC(=O)C1CCN(C(=O)c2ccc(Nc3nccn4c(-c5ccc(OC)c(F)c5)cnc34)cc2C)CC1.COc1ccc(-c2cnc3c(Nc4ccc(C(=O)N5CCC(C(=O)O)CC5)c(C)c4)nccn23)cc1F. The molecule has 75 heavy (non-hydrogen) atoms. The molecule has 3 N–H and O–H groups in total. The van der Waals surface area contributed by atoms with Gasteiger partial charge in [0.1, 0.15) is 0 Å². The Balaban J connectivity index is 0.000000184. The van der Waals surface area contributed by atoms with Crippen molar-refractivity contribution in [2.45, 2.75) is 39.5 Å². The Morgan fingerprint density at radius 2 is 1.01 bits per heavy atom. The van der Waals surface area contributed by atoms with Crippen molar-refractivity contribution in [3.05, 3.63) is 144 Å². The molecule has 18 nitrogen and oxygen atoms in total. The summed E-state index contributed by atoms with van der Waals surface area (Å²) in [5.74, 6) is -1.25. The maximum atomic E-state index is 14.3. The lowest BCUT2D eigenvalue weighted by Gasteiger charge is -2.31. The molecule has 10 rings (SSSR count). The lowest BCUT2D eigenvalue weighted by molar-refractivity contribution is -0.147. The molecule has 2 fully saturated rings. The topological polar surface area (TPSA) is 207 Å². The van der Waals surface area contributed by atoms with Gasteiger partial charge in [0.25, 0.3) is 11.8 Å². The summed E-state index contributed by atoms with van der Waals surface area (Å²) in [7, 11) is 4.24. The van der Waals surface area contributed by atoms with Gasteiger partial charge in [0.15, 0.2) is 46.1 Å². The van der Waals surface area contributed by atoms with Crippen LogP contribution in [0.1, 0.15) is 57.5 Å². The summed E-state index contributed by atoms with van der Waals surface area (Å²) < 4.78 is 47.1. The molecule has 0 radical (unpaired) electrons. The molecule has 8 aromatic rings. The van der Waals surface area contributed by atoms with E-state index in [1.54, 1.807) is 89.4 Å². The molecule has 2 aliphatic heterocycles. The highest BCUT2D eigenvalue weighted by Crippen LogP contribution is 2.32. The Morgan fingerprint density at radius 3 is 1.39 bits per heavy atom. The highest BCUT2D eigenvalue weighted by atomic mass is 19.1. The highest BCUT2D eigenvalue weighted by Gasteiger charge is 2.30. The molecular weight excluding hydrogens is 967 g/mol. The van der Waals surface area contributed by atoms with Crippen LogP contribution < -0.4 is 20.1 Å². The fraction of sp³-hybridized carbons (Fsp3) is 0.273. The molecule has 0 spiro atoms. The van der Waals surface area contributed by atoms with Crippen LogP contribution >= 0.6 is 0 Å². The number of fused-ring (bicyclic) bond motifs is 2. The third-order valence-corrected chi connectivity index (χ3v) is 13.6. The number of hydrogen-bond acceptors (Lipinski definition) is 13. The van der Waals surface area contributed by atoms with Gasteiger partial charge in [0, 0.05) is 84.6 Å². The zero-order chi connectivity index (χ0) is 52.9. The molecule has 2 amide bonds. The molecule has 2 saturated heterocycles. The normalized spacial score (nSPS) is 14.0. The smallest absolute Gasteiger partial charge is 0.308 e. The number of amides is 2. The molecule has 0 unspecified atom stereocenters. The first-order valence-corrected chi connectivity index (χ1v) is 24.2. The molecule has 386 valence electrons. The number of aromatic nitrogens is 6. The van der Waals surface area contributed by atoms with E-state index < -0.39 is 17.6 Å². The number of carbonyl (C=O) groups excluding carboxylic acids is 3. The predicted molar refractivity (Wildman–Crippen MR) is 276 cm³/mol. The van der Waals surface area contributed by atoms with Crippen LogP contribution in [0, 0.1) is 37.3 Å². The van der Waals surface area contributed by atoms with Crippen molar-refractivity contribution in [2.75, 3.05) is 58.1 Å². The lowest BCUT2D eigenvalue weighted by Crippen LogP contribution is -2.40. The first-order valence-electron chi connectivity index (χ1n) is 24.2. The first-order chi connectivity index (χ1) is 36.2. The molecule has 0 bridgehead atoms. The number of esters is 1. The van der Waals surface area contributed by atoms with Crippen LogP contribution in [0.15, 0.2) is 110 Å². The number of aryl methyl sites for hydroxylation is 2. The van der Waals surface area contributed by atoms with E-state index in [1.165, 1.54) is 33.5 Å². The van der Waals surface area contributed by atoms with Crippen molar-refractivity contribution >= 4 is 58.1 Å². The van der Waals surface area contributed by atoms with Gasteiger partial charge in [-0.05, 0) is 123 Å². The summed E-state index contributed by atoms with van der Waals surface area (Å²) in [4.78, 5) is 70.5. The van der Waals surface area contributed by atoms with Gasteiger partial charge >= 0.3 is 11.9 Å². The number of anilines is 4. The van der Waals surface area contributed by atoms with E-state index in [0.29, 0.717) is 108 Å². The minimum Gasteiger partial charge on any atom is -0.494 e. The zero-order valence-electron chi connectivity index (χ0n) is 41.8. The Morgan fingerprint density at radius 1 is 0.587 bits per heavy atom. The average molecular weight is 1020 g/mol. The maximum Gasteiger partial charge on any atom is 0.308 e. The van der Waals surface area contributed by atoms with Gasteiger partial charge in [-0.2, -0.15) is 0 Å². The van der Waals surface area contributed by atoms with Gasteiger partial charge in [-0.15, -0.1) is 0 Å². The Kier molecular flexibility index (Phi) is 15.0. The Labute approximate surface area is 429 Å². The van der Waals surface area contributed by atoms with Gasteiger partial charge in [0.05, 0.1) is 56.9 Å². The number of benzene rings is 4. The number of carboxylic acids is 1. The predicted octanol–water partition coefficient (Wildman–Crippen LogP) is 9.15. The minimum atomic E-state index is -0.803. The number of carboxylic acid groups (broad SMARTS) is 1. The van der Waals surface area contributed by atoms with Crippen LogP contribution in [0.5, 0.6) is 11.5 Å². The standard InChI is InChI=1S/C28H28FN5O4.C27H26FN5O4/c1-17-14-20(5-6-21(17)27(35)33-11-8-18(9-12-33)28(36)38-3)32-25-26-31-16-23(34(26)13-10-30-25)19-4-7-24(37-2)22(29)15-19;1-16-13-19(4-5-20(16)26(34)32-10-7-17(8-11-32)27(35)36)31-24-25-30-15-22(33(25)12-9-29-24)18-3-6-23(37-2)21(28)14-18/h4-7,10,13-16,18H,8-9,11-12H2,1-3H3,(H,30,32);3-6,9,12-15,17H,7-8,10-11H2,1-2H3,(H,29,31)(H,35,36). The number of methoxy groups -OCH3 is 3. The van der Waals surface area contributed by atoms with Gasteiger partial charge in [0.2, 0.25) is 0 Å². The van der Waals surface area contributed by atoms with E-state index in [1.807, 2.05) is 40.8 Å². The molecule has 4 aromatic heterocycles. The third-order valence-electron chi connectivity index (χ3n) is 13.6. The number of halogens is 2. The van der Waals surface area contributed by atoms with E-state index in [9.17, 15) is 33.1 Å². The lowest BCUT2D eigenvalue weighted by atomic mass is 9.96. The van der Waals surface area contributed by atoms with Crippen molar-refractivity contribution < 1.29 is 47.3 Å². The quantitative estimate of drug-likeness (QED) is 0.0976. The van der Waals surface area contributed by atoms with E-state index in [0.717, 1.165) is 22.5 Å².